The van der Waals surface area contributed by atoms with Crippen molar-refractivity contribution in [3.05, 3.63) is 59.5 Å². The monoisotopic (exact) mass is 272 g/mol. The van der Waals surface area contributed by atoms with Gasteiger partial charge in [0, 0.05) is 30.4 Å². The van der Waals surface area contributed by atoms with Crippen LogP contribution in [0.1, 0.15) is 5.56 Å². The number of nitrogens with zero attached hydrogens (tertiary/aromatic N) is 2. The van der Waals surface area contributed by atoms with Crippen LogP contribution in [0.5, 0.6) is 5.75 Å². The van der Waals surface area contributed by atoms with E-state index >= 15 is 0 Å². The second-order valence-electron chi connectivity index (χ2n) is 4.38. The van der Waals surface area contributed by atoms with E-state index in [2.05, 4.69) is 11.1 Å². The maximum atomic E-state index is 6.22. The number of hydrogen-bond donors (Lipinski definition) is 0. The van der Waals surface area contributed by atoms with Crippen LogP contribution in [0, 0.1) is 0 Å². The summed E-state index contributed by atoms with van der Waals surface area (Å²) in [5.74, 6) is 0.765. The van der Waals surface area contributed by atoms with Crippen LogP contribution in [0.25, 0.3) is 10.9 Å². The molecule has 0 saturated carbocycles. The van der Waals surface area contributed by atoms with Gasteiger partial charge in [0.05, 0.1) is 16.7 Å². The molecule has 0 fully saturated rings. The maximum absolute atomic E-state index is 6.22. The maximum Gasteiger partial charge on any atom is 0.138 e. The summed E-state index contributed by atoms with van der Waals surface area (Å²) in [5.41, 5.74) is 2.15. The predicted molar refractivity (Wildman–Crippen MR) is 76.5 cm³/mol. The number of halogens is 1. The fourth-order valence-corrected chi connectivity index (χ4v) is 2.52. The number of para-hydroxylation sites is 1. The second kappa shape index (κ2) is 4.94. The van der Waals surface area contributed by atoms with Crippen LogP contribution in [0.3, 0.4) is 0 Å². The molecular weight excluding hydrogens is 260 g/mol. The highest BCUT2D eigenvalue weighted by Crippen LogP contribution is 2.28. The molecule has 0 aliphatic carbocycles. The zero-order chi connectivity index (χ0) is 13.2. The third kappa shape index (κ3) is 2.29. The van der Waals surface area contributed by atoms with Crippen molar-refractivity contribution in [1.29, 1.82) is 0 Å². The molecular formula is C15H13ClN2O. The van der Waals surface area contributed by atoms with Crippen molar-refractivity contribution in [2.24, 2.45) is 7.05 Å². The summed E-state index contributed by atoms with van der Waals surface area (Å²) in [4.78, 5) is 4.03. The molecule has 2 aromatic heterocycles. The van der Waals surface area contributed by atoms with E-state index in [1.807, 2.05) is 42.1 Å². The van der Waals surface area contributed by atoms with Crippen LogP contribution in [0.15, 0.2) is 48.9 Å². The Morgan fingerprint density at radius 2 is 2.16 bits per heavy atom. The summed E-state index contributed by atoms with van der Waals surface area (Å²) >= 11 is 6.22. The Morgan fingerprint density at radius 1 is 1.26 bits per heavy atom. The Bertz CT molecular complexity index is 707. The van der Waals surface area contributed by atoms with Gasteiger partial charge in [-0.2, -0.15) is 0 Å². The standard InChI is InChI=1S/C15H13ClN2O/c1-18-9-11(10-19-12-4-3-7-17-8-12)13-5-2-6-14(16)15(13)18/h2-9H,10H2,1H3. The molecule has 19 heavy (non-hydrogen) atoms. The lowest BCUT2D eigenvalue weighted by Gasteiger charge is -2.04. The van der Waals surface area contributed by atoms with Crippen molar-refractivity contribution in [2.45, 2.75) is 6.61 Å². The molecule has 3 nitrogen and oxygen atoms in total. The van der Waals surface area contributed by atoms with Crippen molar-refractivity contribution in [2.75, 3.05) is 0 Å². The summed E-state index contributed by atoms with van der Waals surface area (Å²) in [5, 5.41) is 1.88. The molecule has 0 aliphatic rings. The average molecular weight is 273 g/mol. The number of pyridine rings is 1. The first-order chi connectivity index (χ1) is 9.25. The first-order valence-corrected chi connectivity index (χ1v) is 6.39. The second-order valence-corrected chi connectivity index (χ2v) is 4.79. The van der Waals surface area contributed by atoms with E-state index in [0.29, 0.717) is 6.61 Å². The summed E-state index contributed by atoms with van der Waals surface area (Å²) in [6.45, 7) is 0.503. The van der Waals surface area contributed by atoms with Gasteiger partial charge in [0.2, 0.25) is 0 Å². The highest BCUT2D eigenvalue weighted by atomic mass is 35.5. The van der Waals surface area contributed by atoms with Crippen molar-refractivity contribution in [3.8, 4) is 5.75 Å². The van der Waals surface area contributed by atoms with Crippen LogP contribution < -0.4 is 4.74 Å². The van der Waals surface area contributed by atoms with E-state index < -0.39 is 0 Å². The molecule has 0 saturated heterocycles. The Morgan fingerprint density at radius 3 is 2.95 bits per heavy atom. The van der Waals surface area contributed by atoms with Crippen LogP contribution in [-0.2, 0) is 13.7 Å². The van der Waals surface area contributed by atoms with Crippen LogP contribution in [0.2, 0.25) is 5.02 Å². The van der Waals surface area contributed by atoms with Gasteiger partial charge in [0.25, 0.3) is 0 Å². The van der Waals surface area contributed by atoms with E-state index in [4.69, 9.17) is 16.3 Å². The molecule has 0 unspecified atom stereocenters. The smallest absolute Gasteiger partial charge is 0.138 e. The summed E-state index contributed by atoms with van der Waals surface area (Å²) in [7, 11) is 1.99. The zero-order valence-electron chi connectivity index (χ0n) is 10.5. The number of hydrogen-bond acceptors (Lipinski definition) is 2. The van der Waals surface area contributed by atoms with Crippen molar-refractivity contribution >= 4 is 22.5 Å². The average Bonchev–Trinajstić information content (AvgIpc) is 2.76. The fourth-order valence-electron chi connectivity index (χ4n) is 2.21. The summed E-state index contributed by atoms with van der Waals surface area (Å²) in [6.07, 6.45) is 5.48. The third-order valence-corrected chi connectivity index (χ3v) is 3.37. The topological polar surface area (TPSA) is 27.1 Å². The van der Waals surface area contributed by atoms with Crippen LogP contribution >= 0.6 is 11.6 Å². The lowest BCUT2D eigenvalue weighted by molar-refractivity contribution is 0.306. The molecule has 0 spiro atoms. The molecule has 0 amide bonds. The highest BCUT2D eigenvalue weighted by molar-refractivity contribution is 6.35. The molecule has 0 radical (unpaired) electrons. The number of aromatic nitrogens is 2. The lowest BCUT2D eigenvalue weighted by Crippen LogP contribution is -1.94. The molecule has 3 rings (SSSR count). The van der Waals surface area contributed by atoms with Gasteiger partial charge in [-0.25, -0.2) is 0 Å². The Kier molecular flexibility index (Phi) is 3.13. The van der Waals surface area contributed by atoms with E-state index in [-0.39, 0.29) is 0 Å². The number of rotatable bonds is 3. The molecule has 0 atom stereocenters. The fraction of sp³-hybridized carbons (Fsp3) is 0.133. The largest absolute Gasteiger partial charge is 0.487 e. The van der Waals surface area contributed by atoms with Gasteiger partial charge in [-0.05, 0) is 18.2 Å². The molecule has 1 aromatic carbocycles. The quantitative estimate of drug-likeness (QED) is 0.725. The lowest BCUT2D eigenvalue weighted by atomic mass is 10.2. The van der Waals surface area contributed by atoms with Crippen molar-refractivity contribution < 1.29 is 4.74 Å². The Labute approximate surface area is 116 Å². The normalized spacial score (nSPS) is 10.8. The van der Waals surface area contributed by atoms with Gasteiger partial charge in [-0.1, -0.05) is 23.7 Å². The SMILES string of the molecule is Cn1cc(COc2cccnc2)c2cccc(Cl)c21. The molecule has 2 heterocycles. The first kappa shape index (κ1) is 12.1. The van der Waals surface area contributed by atoms with E-state index in [0.717, 1.165) is 27.2 Å². The molecule has 0 aliphatic heterocycles. The first-order valence-electron chi connectivity index (χ1n) is 6.01. The Hall–Kier alpha value is -2.00. The van der Waals surface area contributed by atoms with Crippen LogP contribution in [0.4, 0.5) is 0 Å². The molecule has 4 heteroatoms. The summed E-state index contributed by atoms with van der Waals surface area (Å²) in [6, 6.07) is 9.66. The van der Waals surface area contributed by atoms with E-state index in [1.165, 1.54) is 0 Å². The number of ether oxygens (including phenoxy) is 1. The van der Waals surface area contributed by atoms with Gasteiger partial charge in [-0.3, -0.25) is 4.98 Å². The van der Waals surface area contributed by atoms with Gasteiger partial charge < -0.3 is 9.30 Å². The minimum Gasteiger partial charge on any atom is -0.487 e. The molecule has 96 valence electrons. The van der Waals surface area contributed by atoms with Crippen molar-refractivity contribution in [3.63, 3.8) is 0 Å². The van der Waals surface area contributed by atoms with E-state index in [9.17, 15) is 0 Å². The van der Waals surface area contributed by atoms with E-state index in [1.54, 1.807) is 12.4 Å². The third-order valence-electron chi connectivity index (χ3n) is 3.06. The van der Waals surface area contributed by atoms with Gasteiger partial charge in [0.15, 0.2) is 0 Å². The zero-order valence-corrected chi connectivity index (χ0v) is 11.3. The van der Waals surface area contributed by atoms with Crippen LogP contribution in [-0.4, -0.2) is 9.55 Å². The van der Waals surface area contributed by atoms with Gasteiger partial charge >= 0.3 is 0 Å². The van der Waals surface area contributed by atoms with Crippen molar-refractivity contribution in [1.82, 2.24) is 9.55 Å². The minimum absolute atomic E-state index is 0.503. The number of aryl methyl sites for hydroxylation is 1. The molecule has 0 N–H and O–H groups in total. The van der Waals surface area contributed by atoms with Gasteiger partial charge in [0.1, 0.15) is 12.4 Å². The minimum atomic E-state index is 0.503. The highest BCUT2D eigenvalue weighted by Gasteiger charge is 2.09. The number of benzene rings is 1. The van der Waals surface area contributed by atoms with Gasteiger partial charge in [-0.15, -0.1) is 0 Å². The number of fused-ring (bicyclic) bond motifs is 1. The Balaban J connectivity index is 1.92. The molecule has 0 bridgehead atoms. The molecule has 3 aromatic rings. The predicted octanol–water partition coefficient (Wildman–Crippen LogP) is 3.81. The summed E-state index contributed by atoms with van der Waals surface area (Å²) < 4.78 is 7.76.